The third-order valence-corrected chi connectivity index (χ3v) is 7.67. The van der Waals surface area contributed by atoms with Crippen LogP contribution in [0.1, 0.15) is 55.8 Å². The van der Waals surface area contributed by atoms with Crippen molar-refractivity contribution >= 4 is 27.5 Å². The molecule has 0 saturated carbocycles. The fourth-order valence-electron chi connectivity index (χ4n) is 4.05. The Morgan fingerprint density at radius 3 is 2.41 bits per heavy atom. The highest BCUT2D eigenvalue weighted by molar-refractivity contribution is 7.89. The summed E-state index contributed by atoms with van der Waals surface area (Å²) in [5.41, 5.74) is 0.999. The van der Waals surface area contributed by atoms with E-state index >= 15 is 0 Å². The lowest BCUT2D eigenvalue weighted by atomic mass is 9.98. The maximum absolute atomic E-state index is 13.0. The van der Waals surface area contributed by atoms with Crippen LogP contribution >= 0.6 is 0 Å². The highest BCUT2D eigenvalue weighted by Gasteiger charge is 2.32. The monoisotopic (exact) mass is 421 g/mol. The van der Waals surface area contributed by atoms with Crippen molar-refractivity contribution in [3.8, 4) is 0 Å². The standard InChI is InChI=1S/C21H31N3O4S/c1-2-29(27,28)24-15-9-10-17(16-24)20(25)22-19-12-6-5-11-18(19)21(26)23-13-7-3-4-8-14-23/h5-6,11-12,17H,2-4,7-10,13-16H2,1H3,(H,22,25)/t17-/m1/s1. The summed E-state index contributed by atoms with van der Waals surface area (Å²) >= 11 is 0. The van der Waals surface area contributed by atoms with Gasteiger partial charge in [-0.2, -0.15) is 0 Å². The number of amides is 2. The smallest absolute Gasteiger partial charge is 0.255 e. The minimum atomic E-state index is -3.31. The van der Waals surface area contributed by atoms with E-state index in [0.29, 0.717) is 30.6 Å². The Bertz CT molecular complexity index is 832. The molecule has 2 aliphatic heterocycles. The number of para-hydroxylation sites is 1. The fourth-order valence-corrected chi connectivity index (χ4v) is 5.23. The Morgan fingerprint density at radius 2 is 1.72 bits per heavy atom. The average molecular weight is 422 g/mol. The summed E-state index contributed by atoms with van der Waals surface area (Å²) < 4.78 is 25.8. The summed E-state index contributed by atoms with van der Waals surface area (Å²) in [6, 6.07) is 7.09. The molecule has 2 heterocycles. The molecule has 2 aliphatic rings. The van der Waals surface area contributed by atoms with E-state index in [2.05, 4.69) is 5.32 Å². The van der Waals surface area contributed by atoms with Gasteiger partial charge in [-0.1, -0.05) is 25.0 Å². The molecule has 2 amide bonds. The van der Waals surface area contributed by atoms with Gasteiger partial charge in [0.25, 0.3) is 5.91 Å². The molecule has 0 aromatic heterocycles. The van der Waals surface area contributed by atoms with Gasteiger partial charge in [-0.15, -0.1) is 0 Å². The van der Waals surface area contributed by atoms with E-state index < -0.39 is 15.9 Å². The second-order valence-corrected chi connectivity index (χ2v) is 10.1. The van der Waals surface area contributed by atoms with E-state index in [1.807, 2.05) is 4.90 Å². The van der Waals surface area contributed by atoms with Crippen LogP contribution in [0.5, 0.6) is 0 Å². The molecule has 1 N–H and O–H groups in total. The van der Waals surface area contributed by atoms with Gasteiger partial charge in [0, 0.05) is 26.2 Å². The molecule has 7 nitrogen and oxygen atoms in total. The molecular weight excluding hydrogens is 390 g/mol. The van der Waals surface area contributed by atoms with Gasteiger partial charge >= 0.3 is 0 Å². The number of rotatable bonds is 5. The molecule has 160 valence electrons. The van der Waals surface area contributed by atoms with Crippen LogP contribution in [0, 0.1) is 5.92 Å². The van der Waals surface area contributed by atoms with Crippen molar-refractivity contribution in [1.82, 2.24) is 9.21 Å². The van der Waals surface area contributed by atoms with Crippen molar-refractivity contribution in [2.45, 2.75) is 45.4 Å². The van der Waals surface area contributed by atoms with Gasteiger partial charge < -0.3 is 10.2 Å². The van der Waals surface area contributed by atoms with E-state index in [4.69, 9.17) is 0 Å². The number of nitrogens with one attached hydrogen (secondary N) is 1. The van der Waals surface area contributed by atoms with Crippen LogP contribution in [0.25, 0.3) is 0 Å². The van der Waals surface area contributed by atoms with Crippen LogP contribution in [0.2, 0.25) is 0 Å². The first-order valence-electron chi connectivity index (χ1n) is 10.6. The van der Waals surface area contributed by atoms with E-state index in [1.54, 1.807) is 31.2 Å². The molecule has 2 saturated heterocycles. The SMILES string of the molecule is CCS(=O)(=O)N1CCC[C@@H](C(=O)Nc2ccccc2C(=O)N2CCCCCC2)C1. The van der Waals surface area contributed by atoms with Gasteiger partial charge in [0.05, 0.1) is 22.9 Å². The number of hydrogen-bond donors (Lipinski definition) is 1. The number of anilines is 1. The minimum Gasteiger partial charge on any atom is -0.339 e. The van der Waals surface area contributed by atoms with Crippen LogP contribution in [0.4, 0.5) is 5.69 Å². The molecule has 0 aliphatic carbocycles. The first-order valence-corrected chi connectivity index (χ1v) is 12.2. The second-order valence-electron chi connectivity index (χ2n) is 7.84. The van der Waals surface area contributed by atoms with Gasteiger partial charge in [-0.05, 0) is 44.7 Å². The minimum absolute atomic E-state index is 0.0362. The number of sulfonamides is 1. The lowest BCUT2D eigenvalue weighted by Crippen LogP contribution is -2.44. The molecule has 3 rings (SSSR count). The van der Waals surface area contributed by atoms with Gasteiger partial charge in [0.2, 0.25) is 15.9 Å². The molecule has 1 aromatic rings. The van der Waals surface area contributed by atoms with E-state index in [-0.39, 0.29) is 24.1 Å². The van der Waals surface area contributed by atoms with Crippen molar-refractivity contribution in [3.05, 3.63) is 29.8 Å². The lowest BCUT2D eigenvalue weighted by molar-refractivity contribution is -0.120. The highest BCUT2D eigenvalue weighted by atomic mass is 32.2. The van der Waals surface area contributed by atoms with E-state index in [9.17, 15) is 18.0 Å². The quantitative estimate of drug-likeness (QED) is 0.792. The van der Waals surface area contributed by atoms with Crippen molar-refractivity contribution in [2.75, 3.05) is 37.2 Å². The molecule has 8 heteroatoms. The summed E-state index contributed by atoms with van der Waals surface area (Å²) in [6.45, 7) is 3.76. The van der Waals surface area contributed by atoms with E-state index in [1.165, 1.54) is 4.31 Å². The third kappa shape index (κ3) is 5.36. The number of benzene rings is 1. The zero-order valence-electron chi connectivity index (χ0n) is 17.1. The average Bonchev–Trinajstić information content (AvgIpc) is 3.03. The van der Waals surface area contributed by atoms with Crippen LogP contribution < -0.4 is 5.32 Å². The van der Waals surface area contributed by atoms with Gasteiger partial charge in [-0.25, -0.2) is 12.7 Å². The molecule has 1 aromatic carbocycles. The largest absolute Gasteiger partial charge is 0.339 e. The zero-order chi connectivity index (χ0) is 20.9. The second kappa shape index (κ2) is 9.71. The van der Waals surface area contributed by atoms with Crippen LogP contribution in [0.3, 0.4) is 0 Å². The number of hydrogen-bond acceptors (Lipinski definition) is 4. The number of likely N-dealkylation sites (tertiary alicyclic amines) is 1. The summed E-state index contributed by atoms with van der Waals surface area (Å²) in [4.78, 5) is 27.8. The maximum Gasteiger partial charge on any atom is 0.255 e. The van der Waals surface area contributed by atoms with Crippen LogP contribution in [0.15, 0.2) is 24.3 Å². The van der Waals surface area contributed by atoms with Crippen molar-refractivity contribution in [2.24, 2.45) is 5.92 Å². The Labute approximate surface area is 173 Å². The van der Waals surface area contributed by atoms with Crippen molar-refractivity contribution in [3.63, 3.8) is 0 Å². The van der Waals surface area contributed by atoms with Gasteiger partial charge in [0.15, 0.2) is 0 Å². The summed E-state index contributed by atoms with van der Waals surface area (Å²) in [5.74, 6) is -0.653. The normalized spacial score (nSPS) is 21.4. The topological polar surface area (TPSA) is 86.8 Å². The first kappa shape index (κ1) is 21.8. The Hall–Kier alpha value is -1.93. The predicted octanol–water partition coefficient (Wildman–Crippen LogP) is 2.70. The lowest BCUT2D eigenvalue weighted by Gasteiger charge is -2.31. The van der Waals surface area contributed by atoms with E-state index in [0.717, 1.165) is 38.8 Å². The first-order chi connectivity index (χ1) is 13.9. The molecule has 0 radical (unpaired) electrons. The summed E-state index contributed by atoms with van der Waals surface area (Å²) in [7, 11) is -3.31. The molecule has 0 bridgehead atoms. The molecule has 0 unspecified atom stereocenters. The van der Waals surface area contributed by atoms with Crippen molar-refractivity contribution in [1.29, 1.82) is 0 Å². The maximum atomic E-state index is 13.0. The Morgan fingerprint density at radius 1 is 1.03 bits per heavy atom. The third-order valence-electron chi connectivity index (χ3n) is 5.82. The Balaban J connectivity index is 1.71. The van der Waals surface area contributed by atoms with Crippen LogP contribution in [-0.2, 0) is 14.8 Å². The number of carbonyl (C=O) groups is 2. The fraction of sp³-hybridized carbons (Fsp3) is 0.619. The number of piperidine rings is 1. The zero-order valence-corrected chi connectivity index (χ0v) is 17.9. The van der Waals surface area contributed by atoms with Crippen LogP contribution in [-0.4, -0.2) is 61.4 Å². The molecule has 1 atom stereocenters. The predicted molar refractivity (Wildman–Crippen MR) is 113 cm³/mol. The number of carbonyl (C=O) groups excluding carboxylic acids is 2. The Kier molecular flexibility index (Phi) is 7.29. The molecule has 29 heavy (non-hydrogen) atoms. The molecule has 2 fully saturated rings. The molecular formula is C21H31N3O4S. The molecule has 0 spiro atoms. The van der Waals surface area contributed by atoms with Gasteiger partial charge in [-0.3, -0.25) is 9.59 Å². The van der Waals surface area contributed by atoms with Crippen molar-refractivity contribution < 1.29 is 18.0 Å². The summed E-state index contributed by atoms with van der Waals surface area (Å²) in [6.07, 6.45) is 5.59. The summed E-state index contributed by atoms with van der Waals surface area (Å²) in [5, 5.41) is 2.90. The highest BCUT2D eigenvalue weighted by Crippen LogP contribution is 2.24. The van der Waals surface area contributed by atoms with Gasteiger partial charge in [0.1, 0.15) is 0 Å². The number of nitrogens with zero attached hydrogens (tertiary/aromatic N) is 2.